The molecular formula is C16H22N2O2S. The van der Waals surface area contributed by atoms with Gasteiger partial charge in [0.05, 0.1) is 11.7 Å². The lowest BCUT2D eigenvalue weighted by molar-refractivity contribution is -0.133. The largest absolute Gasteiger partial charge is 0.341 e. The minimum atomic E-state index is -2.49. The number of likely N-dealkylation sites (N-methyl/N-ethyl adjacent to an activating group) is 1. The van der Waals surface area contributed by atoms with Gasteiger partial charge in [0.15, 0.2) is 0 Å². The van der Waals surface area contributed by atoms with Crippen LogP contribution in [0.4, 0.5) is 0 Å². The van der Waals surface area contributed by atoms with Crippen molar-refractivity contribution in [3.8, 4) is 0 Å². The fourth-order valence-electron chi connectivity index (χ4n) is 2.77. The Labute approximate surface area is 126 Å². The van der Waals surface area contributed by atoms with Crippen LogP contribution in [0.2, 0.25) is 0 Å². The highest BCUT2D eigenvalue weighted by atomic mass is 32.2. The van der Waals surface area contributed by atoms with E-state index < -0.39 is 9.73 Å². The van der Waals surface area contributed by atoms with Crippen LogP contribution < -0.4 is 0 Å². The molecule has 114 valence electrons. The first-order valence-electron chi connectivity index (χ1n) is 7.11. The van der Waals surface area contributed by atoms with Crippen molar-refractivity contribution in [2.45, 2.75) is 24.8 Å². The van der Waals surface area contributed by atoms with Gasteiger partial charge in [0, 0.05) is 28.6 Å². The highest BCUT2D eigenvalue weighted by Crippen LogP contribution is 2.25. The van der Waals surface area contributed by atoms with Crippen molar-refractivity contribution in [2.75, 3.05) is 18.6 Å². The standard InChI is InChI=1S/C16H22N2O2S/c1-3-7-15(13-8-5-4-6-9-13)16(19)18(2)14-10-11-21(17,20)12-14/h3-6,8-9,14-15,17H,1,7,10-12H2,2H3. The molecule has 4 nitrogen and oxygen atoms in total. The van der Waals surface area contributed by atoms with Crippen molar-refractivity contribution in [1.82, 2.24) is 4.90 Å². The van der Waals surface area contributed by atoms with Crippen LogP contribution in [-0.2, 0) is 14.5 Å². The Kier molecular flexibility index (Phi) is 4.83. The van der Waals surface area contributed by atoms with Crippen LogP contribution in [0.5, 0.6) is 0 Å². The third-order valence-electron chi connectivity index (χ3n) is 4.04. The van der Waals surface area contributed by atoms with Gasteiger partial charge in [0.25, 0.3) is 0 Å². The van der Waals surface area contributed by atoms with E-state index in [-0.39, 0.29) is 17.9 Å². The van der Waals surface area contributed by atoms with E-state index >= 15 is 0 Å². The molecule has 1 aliphatic rings. The molecule has 0 aromatic heterocycles. The zero-order valence-corrected chi connectivity index (χ0v) is 13.1. The molecule has 1 N–H and O–H groups in total. The summed E-state index contributed by atoms with van der Waals surface area (Å²) in [6.07, 6.45) is 2.99. The molecule has 3 atom stereocenters. The molecule has 1 amide bonds. The predicted molar refractivity (Wildman–Crippen MR) is 85.8 cm³/mol. The van der Waals surface area contributed by atoms with Crippen LogP contribution in [0.1, 0.15) is 24.3 Å². The van der Waals surface area contributed by atoms with Gasteiger partial charge in [-0.3, -0.25) is 9.57 Å². The van der Waals surface area contributed by atoms with Crippen molar-refractivity contribution < 1.29 is 9.00 Å². The number of nitrogens with zero attached hydrogens (tertiary/aromatic N) is 1. The number of allylic oxidation sites excluding steroid dienone is 1. The summed E-state index contributed by atoms with van der Waals surface area (Å²) >= 11 is 0. The first-order chi connectivity index (χ1) is 9.94. The van der Waals surface area contributed by atoms with Crippen LogP contribution in [0.25, 0.3) is 0 Å². The van der Waals surface area contributed by atoms with Gasteiger partial charge >= 0.3 is 0 Å². The highest BCUT2D eigenvalue weighted by Gasteiger charge is 2.33. The van der Waals surface area contributed by atoms with Gasteiger partial charge in [0.1, 0.15) is 0 Å². The zero-order valence-electron chi connectivity index (χ0n) is 12.3. The Hall–Kier alpha value is -1.62. The van der Waals surface area contributed by atoms with E-state index in [1.54, 1.807) is 18.0 Å². The number of carbonyl (C=O) groups excluding carboxylic acids is 1. The maximum absolute atomic E-state index is 12.8. The number of amides is 1. The Morgan fingerprint density at radius 3 is 2.71 bits per heavy atom. The molecule has 0 bridgehead atoms. The number of nitrogens with one attached hydrogen (secondary N) is 1. The summed E-state index contributed by atoms with van der Waals surface area (Å²) < 4.78 is 19.5. The van der Waals surface area contributed by atoms with Gasteiger partial charge in [0.2, 0.25) is 5.91 Å². The lowest BCUT2D eigenvalue weighted by Crippen LogP contribution is -2.40. The van der Waals surface area contributed by atoms with Crippen molar-refractivity contribution in [1.29, 1.82) is 4.78 Å². The van der Waals surface area contributed by atoms with E-state index in [1.165, 1.54) is 0 Å². The smallest absolute Gasteiger partial charge is 0.230 e. The molecular weight excluding hydrogens is 284 g/mol. The molecule has 2 rings (SSSR count). The Morgan fingerprint density at radius 2 is 2.19 bits per heavy atom. The summed E-state index contributed by atoms with van der Waals surface area (Å²) in [7, 11) is -0.734. The third-order valence-corrected chi connectivity index (χ3v) is 5.86. The Bertz CT molecular complexity index is 610. The second kappa shape index (κ2) is 6.43. The fourth-order valence-corrected chi connectivity index (χ4v) is 4.60. The summed E-state index contributed by atoms with van der Waals surface area (Å²) in [6.45, 7) is 3.74. The van der Waals surface area contributed by atoms with E-state index in [9.17, 15) is 9.00 Å². The lowest BCUT2D eigenvalue weighted by atomic mass is 9.94. The number of carbonyl (C=O) groups is 1. The zero-order chi connectivity index (χ0) is 15.5. The van der Waals surface area contributed by atoms with Crippen LogP contribution in [0, 0.1) is 4.78 Å². The molecule has 1 fully saturated rings. The van der Waals surface area contributed by atoms with Gasteiger partial charge in [-0.25, -0.2) is 4.21 Å². The molecule has 1 heterocycles. The molecule has 1 saturated heterocycles. The summed E-state index contributed by atoms with van der Waals surface area (Å²) in [4.78, 5) is 14.4. The average Bonchev–Trinajstić information content (AvgIpc) is 2.84. The van der Waals surface area contributed by atoms with Crippen molar-refractivity contribution in [3.63, 3.8) is 0 Å². The maximum atomic E-state index is 12.8. The van der Waals surface area contributed by atoms with E-state index in [4.69, 9.17) is 4.78 Å². The summed E-state index contributed by atoms with van der Waals surface area (Å²) in [6, 6.07) is 9.58. The van der Waals surface area contributed by atoms with Gasteiger partial charge in [-0.2, -0.15) is 0 Å². The van der Waals surface area contributed by atoms with Crippen LogP contribution in [0.3, 0.4) is 0 Å². The average molecular weight is 306 g/mol. The predicted octanol–water partition coefficient (Wildman–Crippen LogP) is 2.62. The molecule has 5 heteroatoms. The quantitative estimate of drug-likeness (QED) is 0.850. The van der Waals surface area contributed by atoms with E-state index in [1.807, 2.05) is 30.3 Å². The first kappa shape index (κ1) is 15.8. The SMILES string of the molecule is C=CCC(C(=O)N(C)C1CCS(=N)(=O)C1)c1ccccc1. The number of hydrogen-bond acceptors (Lipinski definition) is 3. The molecule has 1 aromatic rings. The van der Waals surface area contributed by atoms with Crippen molar-refractivity contribution >= 4 is 15.6 Å². The van der Waals surface area contributed by atoms with Gasteiger partial charge < -0.3 is 4.90 Å². The minimum Gasteiger partial charge on any atom is -0.341 e. The van der Waals surface area contributed by atoms with Crippen LogP contribution in [-0.4, -0.2) is 39.6 Å². The molecule has 0 radical (unpaired) electrons. The second-order valence-corrected chi connectivity index (χ2v) is 7.93. The number of benzene rings is 1. The Morgan fingerprint density at radius 1 is 1.52 bits per heavy atom. The van der Waals surface area contributed by atoms with Gasteiger partial charge in [-0.15, -0.1) is 6.58 Å². The first-order valence-corrected chi connectivity index (χ1v) is 9.01. The van der Waals surface area contributed by atoms with Gasteiger partial charge in [-0.1, -0.05) is 36.4 Å². The van der Waals surface area contributed by atoms with Crippen LogP contribution >= 0.6 is 0 Å². The minimum absolute atomic E-state index is 0.0169. The molecule has 0 saturated carbocycles. The second-order valence-electron chi connectivity index (χ2n) is 5.56. The Balaban J connectivity index is 2.17. The van der Waals surface area contributed by atoms with Crippen LogP contribution in [0.15, 0.2) is 43.0 Å². The third kappa shape index (κ3) is 3.73. The van der Waals surface area contributed by atoms with Crippen molar-refractivity contribution in [2.24, 2.45) is 0 Å². The fraction of sp³-hybridized carbons (Fsp3) is 0.438. The van der Waals surface area contributed by atoms with E-state index in [0.717, 1.165) is 5.56 Å². The highest BCUT2D eigenvalue weighted by molar-refractivity contribution is 7.92. The monoisotopic (exact) mass is 306 g/mol. The topological polar surface area (TPSA) is 61.2 Å². The molecule has 21 heavy (non-hydrogen) atoms. The molecule has 3 unspecified atom stereocenters. The number of rotatable bonds is 5. The van der Waals surface area contributed by atoms with E-state index in [0.29, 0.717) is 24.3 Å². The molecule has 1 aliphatic heterocycles. The molecule has 0 aliphatic carbocycles. The lowest BCUT2D eigenvalue weighted by Gasteiger charge is -2.28. The molecule has 0 spiro atoms. The molecule has 1 aromatic carbocycles. The summed E-state index contributed by atoms with van der Waals surface area (Å²) in [5.74, 6) is 0.455. The summed E-state index contributed by atoms with van der Waals surface area (Å²) in [5.41, 5.74) is 0.971. The van der Waals surface area contributed by atoms with Gasteiger partial charge in [-0.05, 0) is 18.4 Å². The van der Waals surface area contributed by atoms with E-state index in [2.05, 4.69) is 6.58 Å². The van der Waals surface area contributed by atoms with Crippen molar-refractivity contribution in [3.05, 3.63) is 48.6 Å². The maximum Gasteiger partial charge on any atom is 0.230 e. The normalized spacial score (nSPS) is 26.2. The number of hydrogen-bond donors (Lipinski definition) is 1. The summed E-state index contributed by atoms with van der Waals surface area (Å²) in [5, 5.41) is 0.